The average Bonchev–Trinajstić information content (AvgIpc) is 2.84. The van der Waals surface area contributed by atoms with Crippen molar-refractivity contribution in [1.29, 1.82) is 0 Å². The van der Waals surface area contributed by atoms with Crippen LogP contribution in [-0.4, -0.2) is 129 Å². The second kappa shape index (κ2) is 22.6. The second-order valence-electron chi connectivity index (χ2n) is 8.74. The van der Waals surface area contributed by atoms with Gasteiger partial charge in [-0.15, -0.1) is 0 Å². The monoisotopic (exact) mass is 568 g/mol. The Balaban J connectivity index is -0.000000742. The normalized spacial score (nSPS) is 12.4. The van der Waals surface area contributed by atoms with E-state index in [1.165, 1.54) is 52.1 Å². The lowest BCUT2D eigenvalue weighted by molar-refractivity contribution is -0.906. The van der Waals surface area contributed by atoms with Crippen molar-refractivity contribution in [2.75, 3.05) is 94.0 Å². The maximum Gasteiger partial charge on any atom is 0.217 e. The van der Waals surface area contributed by atoms with Gasteiger partial charge in [0.25, 0.3) is 0 Å². The van der Waals surface area contributed by atoms with Gasteiger partial charge in [-0.1, -0.05) is 0 Å². The molecule has 0 rings (SSSR count). The summed E-state index contributed by atoms with van der Waals surface area (Å²) >= 11 is 0. The zero-order valence-electron chi connectivity index (χ0n) is 23.7. The zero-order valence-corrected chi connectivity index (χ0v) is 25.3. The highest BCUT2D eigenvalue weighted by atomic mass is 32.3. The fourth-order valence-electron chi connectivity index (χ4n) is 2.79. The van der Waals surface area contributed by atoms with E-state index in [-0.39, 0.29) is 0 Å². The van der Waals surface area contributed by atoms with Gasteiger partial charge in [0.05, 0.1) is 80.8 Å². The maximum absolute atomic E-state index is 9.22. The van der Waals surface area contributed by atoms with E-state index in [1.807, 2.05) is 0 Å². The quantitative estimate of drug-likeness (QED) is 0.0975. The second-order valence-corrected chi connectivity index (χ2v) is 11.0. The molecule has 0 saturated heterocycles. The summed E-state index contributed by atoms with van der Waals surface area (Å²) in [5.41, 5.74) is 0. The van der Waals surface area contributed by atoms with Gasteiger partial charge < -0.3 is 27.5 Å². The minimum absolute atomic E-state index is 0.808. The molecule has 0 amide bonds. The van der Waals surface area contributed by atoms with E-state index in [9.17, 15) is 25.9 Å². The fraction of sp³-hybridized carbons (Fsp3) is 1.00. The molecule has 0 aromatic carbocycles. The molecular weight excluding hydrogens is 516 g/mol. The van der Waals surface area contributed by atoms with E-state index in [4.69, 9.17) is 9.47 Å². The highest BCUT2D eigenvalue weighted by Gasteiger charge is 2.15. The van der Waals surface area contributed by atoms with Crippen LogP contribution in [0.25, 0.3) is 0 Å². The van der Waals surface area contributed by atoms with E-state index >= 15 is 0 Å². The molecule has 0 bridgehead atoms. The molecule has 0 aliphatic carbocycles. The standard InChI is InChI=1S/C20H46N2O2.2CH4O4S/c1-7-21(5,8-2)15-13-19-23-17-11-12-18-24-20-14-16-22(6,9-3)10-4;2*1-5-6(2,3)4/h7-20H2,1-6H3;2*1H3,(H,2,3,4)/q+2;;/p-2. The number of rotatable bonds is 19. The summed E-state index contributed by atoms with van der Waals surface area (Å²) in [6.45, 7) is 19.9. The van der Waals surface area contributed by atoms with Crippen LogP contribution in [0, 0.1) is 0 Å². The summed E-state index contributed by atoms with van der Waals surface area (Å²) in [5.74, 6) is 0. The summed E-state index contributed by atoms with van der Waals surface area (Å²) < 4.78 is 75.9. The minimum Gasteiger partial charge on any atom is -0.726 e. The lowest BCUT2D eigenvalue weighted by Gasteiger charge is -2.32. The van der Waals surface area contributed by atoms with Gasteiger partial charge in [0.15, 0.2) is 0 Å². The van der Waals surface area contributed by atoms with E-state index in [2.05, 4.69) is 50.2 Å². The van der Waals surface area contributed by atoms with Crippen LogP contribution in [0.1, 0.15) is 53.4 Å². The molecule has 0 aromatic rings. The van der Waals surface area contributed by atoms with Crippen LogP contribution in [0.15, 0.2) is 0 Å². The SMILES string of the molecule is CC[N+](C)(CC)CCCOCCCCOCCC[N+](C)(CC)CC.COS(=O)(=O)[O-].COS(=O)(=O)[O-]. The number of hydrogen-bond acceptors (Lipinski definition) is 10. The Morgan fingerprint density at radius 1 is 0.556 bits per heavy atom. The molecule has 0 aliphatic heterocycles. The van der Waals surface area contributed by atoms with Crippen LogP contribution >= 0.6 is 0 Å². The molecule has 0 spiro atoms. The molecule has 36 heavy (non-hydrogen) atoms. The minimum atomic E-state index is -4.41. The van der Waals surface area contributed by atoms with Crippen LogP contribution in [0.4, 0.5) is 0 Å². The highest BCUT2D eigenvalue weighted by Crippen LogP contribution is 2.04. The Labute approximate surface area is 220 Å². The molecule has 0 aliphatic rings. The molecule has 0 N–H and O–H groups in total. The third-order valence-corrected chi connectivity index (χ3v) is 7.08. The van der Waals surface area contributed by atoms with Crippen molar-refractivity contribution in [3.05, 3.63) is 0 Å². The Morgan fingerprint density at radius 3 is 0.972 bits per heavy atom. The zero-order chi connectivity index (χ0) is 28.7. The van der Waals surface area contributed by atoms with Gasteiger partial charge in [-0.05, 0) is 40.5 Å². The highest BCUT2D eigenvalue weighted by molar-refractivity contribution is 7.81. The molecular formula is C22H52N2O10S2. The van der Waals surface area contributed by atoms with Crippen molar-refractivity contribution in [1.82, 2.24) is 0 Å². The molecule has 0 unspecified atom stereocenters. The summed E-state index contributed by atoms with van der Waals surface area (Å²) in [6, 6.07) is 0. The van der Waals surface area contributed by atoms with Crippen molar-refractivity contribution >= 4 is 20.8 Å². The molecule has 222 valence electrons. The number of hydrogen-bond donors (Lipinski definition) is 0. The Morgan fingerprint density at radius 2 is 0.778 bits per heavy atom. The van der Waals surface area contributed by atoms with E-state index in [0.29, 0.717) is 0 Å². The molecule has 0 radical (unpaired) electrons. The fourth-order valence-corrected chi connectivity index (χ4v) is 2.79. The van der Waals surface area contributed by atoms with Gasteiger partial charge in [0, 0.05) is 26.1 Å². The first kappa shape index (κ1) is 40.1. The van der Waals surface area contributed by atoms with Crippen molar-refractivity contribution in [3.63, 3.8) is 0 Å². The third kappa shape index (κ3) is 29.8. The Hall–Kier alpha value is -0.420. The molecule has 0 atom stereocenters. The molecule has 0 heterocycles. The largest absolute Gasteiger partial charge is 0.726 e. The molecule has 14 heteroatoms. The van der Waals surface area contributed by atoms with Crippen molar-refractivity contribution in [3.8, 4) is 0 Å². The van der Waals surface area contributed by atoms with Crippen LogP contribution in [0.3, 0.4) is 0 Å². The van der Waals surface area contributed by atoms with E-state index in [1.54, 1.807) is 0 Å². The number of nitrogens with zero attached hydrogens (tertiary/aromatic N) is 2. The lowest BCUT2D eigenvalue weighted by Crippen LogP contribution is -2.44. The van der Waals surface area contributed by atoms with Gasteiger partial charge in [0.2, 0.25) is 20.8 Å². The van der Waals surface area contributed by atoms with Gasteiger partial charge in [-0.2, -0.15) is 0 Å². The van der Waals surface area contributed by atoms with E-state index in [0.717, 1.165) is 62.5 Å². The Kier molecular flexibility index (Phi) is 25.1. The van der Waals surface area contributed by atoms with Gasteiger partial charge in [-0.3, -0.25) is 8.37 Å². The first-order chi connectivity index (χ1) is 16.6. The third-order valence-electron chi connectivity index (χ3n) is 6.26. The van der Waals surface area contributed by atoms with Crippen molar-refractivity contribution < 1.29 is 52.7 Å². The summed E-state index contributed by atoms with van der Waals surface area (Å²) in [5, 5.41) is 0. The molecule has 12 nitrogen and oxygen atoms in total. The topological polar surface area (TPSA) is 151 Å². The summed E-state index contributed by atoms with van der Waals surface area (Å²) in [4.78, 5) is 0. The first-order valence-corrected chi connectivity index (χ1v) is 15.1. The lowest BCUT2D eigenvalue weighted by atomic mass is 10.3. The van der Waals surface area contributed by atoms with Crippen LogP contribution in [0.2, 0.25) is 0 Å². The average molecular weight is 569 g/mol. The van der Waals surface area contributed by atoms with Crippen LogP contribution in [0.5, 0.6) is 0 Å². The van der Waals surface area contributed by atoms with Gasteiger partial charge in [-0.25, -0.2) is 16.8 Å². The number of quaternary nitrogens is 2. The predicted molar refractivity (Wildman–Crippen MR) is 138 cm³/mol. The van der Waals surface area contributed by atoms with Crippen LogP contribution in [-0.2, 0) is 38.6 Å². The van der Waals surface area contributed by atoms with Gasteiger partial charge >= 0.3 is 0 Å². The summed E-state index contributed by atoms with van der Waals surface area (Å²) in [7, 11) is -2.54. The molecule has 0 aromatic heterocycles. The first-order valence-electron chi connectivity index (χ1n) is 12.4. The predicted octanol–water partition coefficient (Wildman–Crippen LogP) is 1.74. The number of unbranched alkanes of at least 4 members (excludes halogenated alkanes) is 1. The maximum atomic E-state index is 9.22. The number of ether oxygens (including phenoxy) is 2. The van der Waals surface area contributed by atoms with E-state index < -0.39 is 20.8 Å². The van der Waals surface area contributed by atoms with Crippen molar-refractivity contribution in [2.45, 2.75) is 53.4 Å². The van der Waals surface area contributed by atoms with Crippen molar-refractivity contribution in [2.24, 2.45) is 0 Å². The smallest absolute Gasteiger partial charge is 0.217 e. The van der Waals surface area contributed by atoms with Crippen LogP contribution < -0.4 is 0 Å². The van der Waals surface area contributed by atoms with Gasteiger partial charge in [0.1, 0.15) is 0 Å². The Bertz CT molecular complexity index is 636. The summed E-state index contributed by atoms with van der Waals surface area (Å²) in [6.07, 6.45) is 4.57. The molecule has 0 saturated carbocycles. The molecule has 0 fully saturated rings.